The van der Waals surface area contributed by atoms with Gasteiger partial charge in [0, 0.05) is 42.7 Å². The van der Waals surface area contributed by atoms with Crippen LogP contribution in [0.5, 0.6) is 17.2 Å². The van der Waals surface area contributed by atoms with Crippen LogP contribution in [0, 0.1) is 0 Å². The van der Waals surface area contributed by atoms with Crippen molar-refractivity contribution in [1.29, 1.82) is 0 Å². The first-order valence-corrected chi connectivity index (χ1v) is 15.5. The van der Waals surface area contributed by atoms with Gasteiger partial charge in [0.15, 0.2) is 11.3 Å². The Hall–Kier alpha value is -4.15. The third-order valence-corrected chi connectivity index (χ3v) is 9.85. The van der Waals surface area contributed by atoms with Crippen molar-refractivity contribution in [2.45, 2.75) is 35.2 Å². The highest BCUT2D eigenvalue weighted by atomic mass is 35.5. The van der Waals surface area contributed by atoms with E-state index in [-0.39, 0.29) is 32.0 Å². The maximum Gasteiger partial charge on any atom is 0.573 e. The van der Waals surface area contributed by atoms with Gasteiger partial charge < -0.3 is 19.1 Å². The van der Waals surface area contributed by atoms with Gasteiger partial charge in [-0.2, -0.15) is 0 Å². The number of carbonyl (C=O) groups is 2. The van der Waals surface area contributed by atoms with E-state index in [1.807, 2.05) is 0 Å². The Morgan fingerprint density at radius 2 is 1.66 bits per heavy atom. The number of halogens is 6. The summed E-state index contributed by atoms with van der Waals surface area (Å²) in [7, 11) is -0.320. The molecule has 0 aromatic heterocycles. The molecule has 2 atom stereocenters. The third kappa shape index (κ3) is 5.71. The van der Waals surface area contributed by atoms with E-state index >= 15 is 13.6 Å². The average molecular weight is 704 g/mol. The van der Waals surface area contributed by atoms with Crippen molar-refractivity contribution in [3.63, 3.8) is 0 Å². The van der Waals surface area contributed by atoms with Crippen LogP contribution in [0.15, 0.2) is 65.6 Å². The minimum absolute atomic E-state index is 0.0390. The number of hydrogen-bond donors (Lipinski definition) is 0. The first kappa shape index (κ1) is 34.2. The summed E-state index contributed by atoms with van der Waals surface area (Å²) in [5.74, 6) is -7.21. The maximum atomic E-state index is 15.4. The molecule has 17 heteroatoms. The number of hydrogen-bond acceptors (Lipinski definition) is 8. The number of nitrogens with zero attached hydrogens (tertiary/aromatic N) is 3. The molecule has 0 aliphatic carbocycles. The van der Waals surface area contributed by atoms with Gasteiger partial charge in [-0.05, 0) is 36.4 Å². The number of para-hydroxylation sites is 1. The van der Waals surface area contributed by atoms with Crippen LogP contribution in [-0.2, 0) is 25.2 Å². The fourth-order valence-corrected chi connectivity index (χ4v) is 7.77. The van der Waals surface area contributed by atoms with Crippen LogP contribution in [0.2, 0.25) is 5.02 Å². The lowest BCUT2D eigenvalue weighted by atomic mass is 9.80. The first-order valence-electron chi connectivity index (χ1n) is 13.7. The van der Waals surface area contributed by atoms with Crippen molar-refractivity contribution < 1.29 is 54.2 Å². The van der Waals surface area contributed by atoms with Gasteiger partial charge in [-0.3, -0.25) is 14.5 Å². The summed E-state index contributed by atoms with van der Waals surface area (Å²) in [6.45, 7) is -1.19. The molecule has 2 heterocycles. The van der Waals surface area contributed by atoms with E-state index in [2.05, 4.69) is 4.74 Å². The van der Waals surface area contributed by atoms with Crippen molar-refractivity contribution in [2.24, 2.45) is 0 Å². The lowest BCUT2D eigenvalue weighted by Crippen LogP contribution is -2.59. The number of anilines is 1. The number of benzene rings is 3. The van der Waals surface area contributed by atoms with Gasteiger partial charge in [-0.25, -0.2) is 21.5 Å². The van der Waals surface area contributed by atoms with Crippen LogP contribution in [0.3, 0.4) is 0 Å². The lowest BCUT2D eigenvalue weighted by Gasteiger charge is -2.41. The number of fused-ring (bicyclic) bond motifs is 1. The fourth-order valence-electron chi connectivity index (χ4n) is 6.04. The summed E-state index contributed by atoms with van der Waals surface area (Å²) in [6.07, 6.45) is -6.39. The highest BCUT2D eigenvalue weighted by molar-refractivity contribution is 7.93. The van der Waals surface area contributed by atoms with Gasteiger partial charge >= 0.3 is 6.36 Å². The molecule has 0 bridgehead atoms. The van der Waals surface area contributed by atoms with Crippen LogP contribution in [0.25, 0.3) is 0 Å². The van der Waals surface area contributed by atoms with E-state index < -0.39 is 75.0 Å². The number of likely N-dealkylation sites (N-methyl/N-ethyl adjacent to an activating group) is 1. The normalized spacial score (nSPS) is 21.0. The zero-order chi connectivity index (χ0) is 34.7. The van der Waals surface area contributed by atoms with Gasteiger partial charge in [0.05, 0.1) is 32.5 Å². The molecule has 0 saturated carbocycles. The molecule has 1 saturated heterocycles. The Balaban J connectivity index is 1.87. The predicted molar refractivity (Wildman–Crippen MR) is 158 cm³/mol. The molecule has 2 aliphatic heterocycles. The molecular weight excluding hydrogens is 677 g/mol. The number of likely N-dealkylation sites (tertiary alicyclic amines) is 1. The summed E-state index contributed by atoms with van der Waals surface area (Å²) in [6, 6.07) is 10.0. The van der Waals surface area contributed by atoms with Gasteiger partial charge in [0.1, 0.15) is 16.4 Å². The van der Waals surface area contributed by atoms with Crippen molar-refractivity contribution >= 4 is 39.1 Å². The van der Waals surface area contributed by atoms with E-state index in [0.29, 0.717) is 6.07 Å². The molecule has 5 rings (SSSR count). The quantitative estimate of drug-likeness (QED) is 0.301. The lowest BCUT2D eigenvalue weighted by molar-refractivity contribution is -0.275. The maximum absolute atomic E-state index is 15.4. The van der Waals surface area contributed by atoms with Crippen molar-refractivity contribution in [3.8, 4) is 17.2 Å². The van der Waals surface area contributed by atoms with Crippen LogP contribution in [0.1, 0.15) is 17.5 Å². The van der Waals surface area contributed by atoms with E-state index in [4.69, 9.17) is 21.1 Å². The molecule has 0 spiro atoms. The standard InChI is InChI=1S/C30H27ClF5N3O7S/c1-37(2)26(40)22-15-28(32,33)16-38(22)29(19-7-5-6-8-23(19)45-4)20-13-17(31)9-11-21(20)39(27(29)41)47(42,43)25-12-10-18(44-3)14-24(25)46-30(34,35)36/h5-14,22H,15-16H2,1-4H3/t22-,29?/m0/s1. The third-order valence-electron chi connectivity index (χ3n) is 7.88. The summed E-state index contributed by atoms with van der Waals surface area (Å²) in [5.41, 5.74) is -3.29. The molecule has 47 heavy (non-hydrogen) atoms. The predicted octanol–water partition coefficient (Wildman–Crippen LogP) is 5.03. The SMILES string of the molecule is COc1ccc(S(=O)(=O)N2C(=O)C(c3ccccc3OC)(N3CC(F)(F)C[C@H]3C(=O)N(C)C)c3cc(Cl)ccc32)c(OC(F)(F)F)c1. The summed E-state index contributed by atoms with van der Waals surface area (Å²) < 4.78 is 115. The molecule has 2 aliphatic rings. The topological polar surface area (TPSA) is 106 Å². The minimum atomic E-state index is -5.36. The summed E-state index contributed by atoms with van der Waals surface area (Å²) >= 11 is 6.37. The summed E-state index contributed by atoms with van der Waals surface area (Å²) in [4.78, 5) is 29.4. The largest absolute Gasteiger partial charge is 0.573 e. The molecule has 0 radical (unpaired) electrons. The molecule has 2 amide bonds. The monoisotopic (exact) mass is 703 g/mol. The zero-order valence-corrected chi connectivity index (χ0v) is 26.7. The Morgan fingerprint density at radius 3 is 2.28 bits per heavy atom. The second-order valence-corrected chi connectivity index (χ2v) is 13.1. The number of alkyl halides is 5. The molecule has 1 fully saturated rings. The smallest absolute Gasteiger partial charge is 0.497 e. The molecule has 1 unspecified atom stereocenters. The Morgan fingerprint density at radius 1 is 0.979 bits per heavy atom. The number of rotatable bonds is 8. The number of ether oxygens (including phenoxy) is 3. The van der Waals surface area contributed by atoms with E-state index in [9.17, 15) is 26.4 Å². The zero-order valence-electron chi connectivity index (χ0n) is 25.1. The number of methoxy groups -OCH3 is 2. The van der Waals surface area contributed by atoms with Crippen molar-refractivity contribution in [3.05, 3.63) is 76.8 Å². The highest BCUT2D eigenvalue weighted by Crippen LogP contribution is 2.56. The van der Waals surface area contributed by atoms with Gasteiger partial charge in [0.25, 0.3) is 21.9 Å². The Kier molecular flexibility index (Phi) is 8.60. The van der Waals surface area contributed by atoms with E-state index in [1.165, 1.54) is 57.6 Å². The van der Waals surface area contributed by atoms with Crippen molar-refractivity contribution in [1.82, 2.24) is 9.80 Å². The van der Waals surface area contributed by atoms with Gasteiger partial charge in [-0.15, -0.1) is 13.2 Å². The average Bonchev–Trinajstić information content (AvgIpc) is 3.45. The fraction of sp³-hybridized carbons (Fsp3) is 0.333. The Labute approximate surface area is 271 Å². The number of sulfonamides is 1. The molecular formula is C30H27ClF5N3O7S. The first-order chi connectivity index (χ1) is 21.9. The molecule has 3 aromatic carbocycles. The second-order valence-electron chi connectivity index (χ2n) is 10.9. The number of carbonyl (C=O) groups excluding carboxylic acids is 2. The molecule has 0 N–H and O–H groups in total. The molecule has 10 nitrogen and oxygen atoms in total. The summed E-state index contributed by atoms with van der Waals surface area (Å²) in [5, 5.41) is -0.0398. The van der Waals surface area contributed by atoms with Gasteiger partial charge in [0.2, 0.25) is 5.91 Å². The minimum Gasteiger partial charge on any atom is -0.497 e. The van der Waals surface area contributed by atoms with Gasteiger partial charge in [-0.1, -0.05) is 29.8 Å². The Bertz CT molecular complexity index is 1860. The van der Waals surface area contributed by atoms with Crippen molar-refractivity contribution in [2.75, 3.05) is 39.2 Å². The highest BCUT2D eigenvalue weighted by Gasteiger charge is 2.66. The van der Waals surface area contributed by atoms with E-state index in [1.54, 1.807) is 0 Å². The number of amides is 2. The molecule has 3 aromatic rings. The molecule has 252 valence electrons. The van der Waals surface area contributed by atoms with Crippen LogP contribution < -0.4 is 18.5 Å². The van der Waals surface area contributed by atoms with Crippen LogP contribution in [-0.4, -0.2) is 83.2 Å². The second kappa shape index (κ2) is 11.8. The van der Waals surface area contributed by atoms with E-state index in [0.717, 1.165) is 35.1 Å². The van der Waals surface area contributed by atoms with Crippen LogP contribution in [0.4, 0.5) is 27.6 Å². The van der Waals surface area contributed by atoms with Crippen LogP contribution >= 0.6 is 11.6 Å².